The van der Waals surface area contributed by atoms with E-state index in [0.717, 1.165) is 19.3 Å². The van der Waals surface area contributed by atoms with E-state index < -0.39 is 0 Å². The normalized spacial score (nSPS) is 20.0. The van der Waals surface area contributed by atoms with Crippen LogP contribution < -0.4 is 0 Å². The Kier molecular flexibility index (Phi) is 8.60. The largest absolute Gasteiger partial charge is 0.508 e. The van der Waals surface area contributed by atoms with Crippen molar-refractivity contribution in [3.8, 4) is 5.75 Å². The number of rotatable bonds is 9. The van der Waals surface area contributed by atoms with E-state index in [0.29, 0.717) is 11.2 Å². The number of fused-ring (bicyclic) bond motifs is 1. The second-order valence-corrected chi connectivity index (χ2v) is 9.44. The molecule has 1 atom stereocenters. The summed E-state index contributed by atoms with van der Waals surface area (Å²) in [5.74, 6) is 0.405. The van der Waals surface area contributed by atoms with Crippen molar-refractivity contribution >= 4 is 0 Å². The van der Waals surface area contributed by atoms with Crippen molar-refractivity contribution in [2.24, 2.45) is 5.41 Å². The van der Waals surface area contributed by atoms with E-state index in [4.69, 9.17) is 0 Å². The molecular weight excluding hydrogens is 340 g/mol. The molecule has 1 aromatic rings. The first-order valence-electron chi connectivity index (χ1n) is 11.0. The summed E-state index contributed by atoms with van der Waals surface area (Å²) < 4.78 is 0. The highest BCUT2D eigenvalue weighted by Gasteiger charge is 2.29. The Morgan fingerprint density at radius 3 is 2.25 bits per heavy atom. The molecule has 154 valence electrons. The quantitative estimate of drug-likeness (QED) is 0.429. The number of phenolic OH excluding ortho intramolecular Hbond substituents is 1. The van der Waals surface area contributed by atoms with Gasteiger partial charge in [-0.15, -0.1) is 0 Å². The highest BCUT2D eigenvalue weighted by Crippen LogP contribution is 2.39. The molecule has 1 nitrogen and oxygen atoms in total. The zero-order valence-corrected chi connectivity index (χ0v) is 18.8. The van der Waals surface area contributed by atoms with Crippen molar-refractivity contribution in [1.29, 1.82) is 0 Å². The van der Waals surface area contributed by atoms with Crippen molar-refractivity contribution in [2.45, 2.75) is 92.4 Å². The van der Waals surface area contributed by atoms with E-state index in [-0.39, 0.29) is 0 Å². The summed E-state index contributed by atoms with van der Waals surface area (Å²) in [6, 6.07) is 5.91. The maximum absolute atomic E-state index is 9.68. The van der Waals surface area contributed by atoms with Gasteiger partial charge in [-0.05, 0) is 114 Å². The molecule has 1 aromatic carbocycles. The van der Waals surface area contributed by atoms with Crippen molar-refractivity contribution in [2.75, 3.05) is 0 Å². The monoisotopic (exact) mass is 380 g/mol. The average Bonchev–Trinajstić information content (AvgIpc) is 2.61. The highest BCUT2D eigenvalue weighted by molar-refractivity contribution is 5.37. The lowest BCUT2D eigenvalue weighted by molar-refractivity contribution is 0.257. The number of hydrogen-bond donors (Lipinski definition) is 1. The standard InChI is InChI=1S/C27H40O/c1-21(2)9-6-10-22(3)11-7-12-23(4)13-8-17-27(5)18-16-24-19-26(28)15-14-25(24)20-27/h9,11,13-15,19,28H,6-8,10,12,16-18,20H2,1-5H3. The van der Waals surface area contributed by atoms with Gasteiger partial charge in [0.15, 0.2) is 0 Å². The van der Waals surface area contributed by atoms with Gasteiger partial charge >= 0.3 is 0 Å². The highest BCUT2D eigenvalue weighted by atomic mass is 16.3. The molecule has 0 aliphatic heterocycles. The van der Waals surface area contributed by atoms with Gasteiger partial charge in [-0.3, -0.25) is 0 Å². The molecule has 1 N–H and O–H groups in total. The summed E-state index contributed by atoms with van der Waals surface area (Å²) in [7, 11) is 0. The van der Waals surface area contributed by atoms with Gasteiger partial charge in [0, 0.05) is 0 Å². The van der Waals surface area contributed by atoms with Gasteiger partial charge in [-0.25, -0.2) is 0 Å². The van der Waals surface area contributed by atoms with Crippen LogP contribution in [0.25, 0.3) is 0 Å². The molecule has 0 amide bonds. The van der Waals surface area contributed by atoms with E-state index in [9.17, 15) is 5.11 Å². The molecule has 0 saturated carbocycles. The summed E-state index contributed by atoms with van der Waals surface area (Å²) in [5, 5.41) is 9.68. The number of aryl methyl sites for hydroxylation is 1. The van der Waals surface area contributed by atoms with Crippen molar-refractivity contribution in [1.82, 2.24) is 0 Å². The predicted molar refractivity (Wildman–Crippen MR) is 123 cm³/mol. The van der Waals surface area contributed by atoms with Gasteiger partial charge in [-0.1, -0.05) is 47.9 Å². The van der Waals surface area contributed by atoms with Crippen LogP contribution in [0.1, 0.15) is 90.7 Å². The van der Waals surface area contributed by atoms with Gasteiger partial charge in [0.05, 0.1) is 0 Å². The van der Waals surface area contributed by atoms with Crippen molar-refractivity contribution < 1.29 is 5.11 Å². The Morgan fingerprint density at radius 1 is 0.929 bits per heavy atom. The second-order valence-electron chi connectivity index (χ2n) is 9.44. The molecule has 1 unspecified atom stereocenters. The van der Waals surface area contributed by atoms with E-state index in [1.807, 2.05) is 12.1 Å². The zero-order chi connectivity index (χ0) is 20.6. The fraction of sp³-hybridized carbons (Fsp3) is 0.556. The van der Waals surface area contributed by atoms with Gasteiger partial charge in [-0.2, -0.15) is 0 Å². The van der Waals surface area contributed by atoms with Gasteiger partial charge in [0.25, 0.3) is 0 Å². The minimum absolute atomic E-state index is 0.391. The molecule has 1 heteroatoms. The topological polar surface area (TPSA) is 20.2 Å². The first-order chi connectivity index (χ1) is 13.3. The summed E-state index contributed by atoms with van der Waals surface area (Å²) in [5.41, 5.74) is 7.63. The van der Waals surface area contributed by atoms with Crippen molar-refractivity contribution in [3.05, 3.63) is 64.3 Å². The fourth-order valence-electron chi connectivity index (χ4n) is 4.22. The SMILES string of the molecule is CC(C)=CCCC(C)=CCCC(C)=CCCC1(C)CCc2cc(O)ccc2C1. The average molecular weight is 381 g/mol. The van der Waals surface area contributed by atoms with E-state index in [1.54, 1.807) is 0 Å². The Balaban J connectivity index is 1.74. The lowest BCUT2D eigenvalue weighted by Gasteiger charge is -2.35. The molecule has 0 heterocycles. The van der Waals surface area contributed by atoms with Crippen LogP contribution in [-0.2, 0) is 12.8 Å². The first kappa shape index (κ1) is 22.5. The maximum Gasteiger partial charge on any atom is 0.115 e. The summed E-state index contributed by atoms with van der Waals surface area (Å²) >= 11 is 0. The second kappa shape index (κ2) is 10.7. The number of aromatic hydroxyl groups is 1. The molecule has 0 spiro atoms. The summed E-state index contributed by atoms with van der Waals surface area (Å²) in [6.45, 7) is 11.3. The van der Waals surface area contributed by atoms with Crippen LogP contribution in [0, 0.1) is 5.41 Å². The molecular formula is C27H40O. The third-order valence-corrected chi connectivity index (χ3v) is 6.17. The molecule has 2 rings (SSSR count). The van der Waals surface area contributed by atoms with Crippen LogP contribution in [0.5, 0.6) is 5.75 Å². The minimum atomic E-state index is 0.391. The van der Waals surface area contributed by atoms with Gasteiger partial charge < -0.3 is 5.11 Å². The van der Waals surface area contributed by atoms with Crippen LogP contribution in [-0.4, -0.2) is 5.11 Å². The lowest BCUT2D eigenvalue weighted by atomic mass is 9.70. The fourth-order valence-corrected chi connectivity index (χ4v) is 4.22. The van der Waals surface area contributed by atoms with Crippen molar-refractivity contribution in [3.63, 3.8) is 0 Å². The Morgan fingerprint density at radius 2 is 1.57 bits per heavy atom. The van der Waals surface area contributed by atoms with Crippen LogP contribution in [0.15, 0.2) is 53.1 Å². The molecule has 1 aliphatic rings. The number of hydrogen-bond acceptors (Lipinski definition) is 1. The third-order valence-electron chi connectivity index (χ3n) is 6.17. The van der Waals surface area contributed by atoms with Gasteiger partial charge in [0.1, 0.15) is 5.75 Å². The first-order valence-corrected chi connectivity index (χ1v) is 11.0. The number of phenols is 1. The molecule has 1 aliphatic carbocycles. The maximum atomic E-state index is 9.68. The summed E-state index contributed by atoms with van der Waals surface area (Å²) in [6.07, 6.45) is 17.8. The summed E-state index contributed by atoms with van der Waals surface area (Å²) in [4.78, 5) is 0. The van der Waals surface area contributed by atoms with E-state index in [1.165, 1.54) is 66.4 Å². The Bertz CT molecular complexity index is 731. The predicted octanol–water partition coefficient (Wildman–Crippen LogP) is 8.09. The third kappa shape index (κ3) is 7.70. The molecule has 0 aromatic heterocycles. The Hall–Kier alpha value is -1.76. The lowest BCUT2D eigenvalue weighted by Crippen LogP contribution is -2.25. The van der Waals surface area contributed by atoms with E-state index >= 15 is 0 Å². The van der Waals surface area contributed by atoms with Crippen LogP contribution in [0.2, 0.25) is 0 Å². The van der Waals surface area contributed by atoms with Crippen LogP contribution in [0.4, 0.5) is 0 Å². The smallest absolute Gasteiger partial charge is 0.115 e. The zero-order valence-electron chi connectivity index (χ0n) is 18.8. The minimum Gasteiger partial charge on any atom is -0.508 e. The molecule has 0 radical (unpaired) electrons. The Labute approximate surface area is 173 Å². The molecule has 0 fully saturated rings. The van der Waals surface area contributed by atoms with E-state index in [2.05, 4.69) is 58.9 Å². The number of benzene rings is 1. The van der Waals surface area contributed by atoms with Gasteiger partial charge in [0.2, 0.25) is 0 Å². The van der Waals surface area contributed by atoms with Crippen LogP contribution in [0.3, 0.4) is 0 Å². The molecule has 0 bridgehead atoms. The molecule has 28 heavy (non-hydrogen) atoms. The number of allylic oxidation sites excluding steroid dienone is 6. The van der Waals surface area contributed by atoms with Crippen LogP contribution >= 0.6 is 0 Å². The molecule has 0 saturated heterocycles.